The molecular weight excluding hydrogens is 265 g/mol. The quantitative estimate of drug-likeness (QED) is 0.622. The first kappa shape index (κ1) is 11.8. The largest absolute Gasteiger partial charge is 0.402 e. The van der Waals surface area contributed by atoms with E-state index in [1.54, 1.807) is 6.08 Å². The molecule has 0 aliphatic carbocycles. The maximum atomic E-state index is 12.8. The first-order chi connectivity index (χ1) is 9.22. The third kappa shape index (κ3) is 2.46. The number of ether oxygens (including phenoxy) is 1. The molecule has 1 aliphatic heterocycles. The Labute approximate surface area is 112 Å². The van der Waals surface area contributed by atoms with Crippen LogP contribution < -0.4 is 0 Å². The maximum Gasteiger partial charge on any atom is 0.363 e. The highest BCUT2D eigenvalue weighted by Crippen LogP contribution is 2.20. The Balaban J connectivity index is 1.93. The summed E-state index contributed by atoms with van der Waals surface area (Å²) < 4.78 is 17.9. The Morgan fingerprint density at radius 3 is 2.68 bits per heavy atom. The number of cyclic esters (lactones) is 1. The predicted molar refractivity (Wildman–Crippen MR) is 71.3 cm³/mol. The van der Waals surface area contributed by atoms with Crippen LogP contribution in [-0.2, 0) is 9.53 Å². The fourth-order valence-corrected chi connectivity index (χ4v) is 2.26. The molecule has 0 saturated heterocycles. The number of carbonyl (C=O) groups excluding carboxylic acids is 1. The third-order valence-electron chi connectivity index (χ3n) is 2.56. The van der Waals surface area contributed by atoms with Gasteiger partial charge in [-0.15, -0.1) is 0 Å². The lowest BCUT2D eigenvalue weighted by molar-refractivity contribution is -0.129. The van der Waals surface area contributed by atoms with Crippen LogP contribution in [0.25, 0.3) is 6.08 Å². The van der Waals surface area contributed by atoms with E-state index < -0.39 is 5.97 Å². The summed E-state index contributed by atoms with van der Waals surface area (Å²) in [6.07, 6.45) is 1.66. The van der Waals surface area contributed by atoms with Crippen LogP contribution in [0.15, 0.2) is 51.8 Å². The lowest BCUT2D eigenvalue weighted by Gasteiger charge is -1.98. The SMILES string of the molecule is O=C1OC(c2ccc(F)cc2)=N/C1=C\c1ccsc1. The van der Waals surface area contributed by atoms with E-state index in [-0.39, 0.29) is 17.4 Å². The van der Waals surface area contributed by atoms with Gasteiger partial charge in [-0.05, 0) is 52.7 Å². The molecule has 2 aromatic rings. The molecule has 0 fully saturated rings. The van der Waals surface area contributed by atoms with Gasteiger partial charge in [-0.1, -0.05) is 0 Å². The molecule has 94 valence electrons. The van der Waals surface area contributed by atoms with E-state index in [4.69, 9.17) is 4.74 Å². The van der Waals surface area contributed by atoms with Crippen molar-refractivity contribution in [2.24, 2.45) is 4.99 Å². The van der Waals surface area contributed by atoms with Gasteiger partial charge in [0.15, 0.2) is 5.70 Å². The van der Waals surface area contributed by atoms with Crippen molar-refractivity contribution in [3.8, 4) is 0 Å². The van der Waals surface area contributed by atoms with Crippen molar-refractivity contribution in [1.82, 2.24) is 0 Å². The van der Waals surface area contributed by atoms with E-state index in [1.807, 2.05) is 16.8 Å². The number of hydrogen-bond acceptors (Lipinski definition) is 4. The molecule has 1 aromatic heterocycles. The molecule has 3 rings (SSSR count). The van der Waals surface area contributed by atoms with Crippen molar-refractivity contribution in [2.75, 3.05) is 0 Å². The van der Waals surface area contributed by atoms with Crippen molar-refractivity contribution < 1.29 is 13.9 Å². The molecule has 0 atom stereocenters. The van der Waals surface area contributed by atoms with Crippen LogP contribution in [0.2, 0.25) is 0 Å². The summed E-state index contributed by atoms with van der Waals surface area (Å²) in [4.78, 5) is 15.8. The molecule has 5 heteroatoms. The fraction of sp³-hybridized carbons (Fsp3) is 0. The van der Waals surface area contributed by atoms with Crippen LogP contribution in [0.5, 0.6) is 0 Å². The molecule has 0 amide bonds. The molecule has 0 bridgehead atoms. The van der Waals surface area contributed by atoms with Crippen LogP contribution in [0.3, 0.4) is 0 Å². The average molecular weight is 273 g/mol. The van der Waals surface area contributed by atoms with E-state index in [2.05, 4.69) is 4.99 Å². The van der Waals surface area contributed by atoms with Crippen LogP contribution in [0.4, 0.5) is 4.39 Å². The summed E-state index contributed by atoms with van der Waals surface area (Å²) in [6, 6.07) is 7.53. The van der Waals surface area contributed by atoms with E-state index in [9.17, 15) is 9.18 Å². The van der Waals surface area contributed by atoms with Crippen LogP contribution in [0.1, 0.15) is 11.1 Å². The topological polar surface area (TPSA) is 38.7 Å². The van der Waals surface area contributed by atoms with Gasteiger partial charge in [0, 0.05) is 5.56 Å². The van der Waals surface area contributed by atoms with Gasteiger partial charge < -0.3 is 4.74 Å². The number of esters is 1. The molecule has 0 spiro atoms. The summed E-state index contributed by atoms with van der Waals surface area (Å²) >= 11 is 1.54. The Morgan fingerprint density at radius 2 is 2.00 bits per heavy atom. The Kier molecular flexibility index (Phi) is 2.97. The lowest BCUT2D eigenvalue weighted by Crippen LogP contribution is -2.05. The maximum absolute atomic E-state index is 12.8. The molecule has 0 unspecified atom stereocenters. The number of hydrogen-bond donors (Lipinski definition) is 0. The fourth-order valence-electron chi connectivity index (χ4n) is 1.64. The van der Waals surface area contributed by atoms with Crippen molar-refractivity contribution >= 4 is 29.3 Å². The average Bonchev–Trinajstić information content (AvgIpc) is 3.02. The molecule has 1 aromatic carbocycles. The zero-order valence-corrected chi connectivity index (χ0v) is 10.5. The summed E-state index contributed by atoms with van der Waals surface area (Å²) in [5.74, 6) is -0.639. The highest BCUT2D eigenvalue weighted by Gasteiger charge is 2.24. The van der Waals surface area contributed by atoms with Crippen molar-refractivity contribution in [3.05, 3.63) is 63.7 Å². The van der Waals surface area contributed by atoms with E-state index in [0.717, 1.165) is 5.56 Å². The molecule has 3 nitrogen and oxygen atoms in total. The summed E-state index contributed by atoms with van der Waals surface area (Å²) in [5, 5.41) is 3.82. The Morgan fingerprint density at radius 1 is 1.21 bits per heavy atom. The van der Waals surface area contributed by atoms with Crippen molar-refractivity contribution in [1.29, 1.82) is 0 Å². The number of benzene rings is 1. The van der Waals surface area contributed by atoms with Gasteiger partial charge in [0.05, 0.1) is 0 Å². The number of aliphatic imine (C=N–C) groups is 1. The lowest BCUT2D eigenvalue weighted by atomic mass is 10.2. The Hall–Kier alpha value is -2.27. The van der Waals surface area contributed by atoms with Crippen LogP contribution in [0, 0.1) is 5.82 Å². The van der Waals surface area contributed by atoms with Crippen molar-refractivity contribution in [3.63, 3.8) is 0 Å². The van der Waals surface area contributed by atoms with Gasteiger partial charge in [0.1, 0.15) is 5.82 Å². The molecule has 2 heterocycles. The highest BCUT2D eigenvalue weighted by molar-refractivity contribution is 7.08. The number of nitrogens with zero attached hydrogens (tertiary/aromatic N) is 1. The second-order valence-corrected chi connectivity index (χ2v) is 4.68. The molecular formula is C14H8FNO2S. The summed E-state index contributed by atoms with van der Waals surface area (Å²) in [6.45, 7) is 0. The number of rotatable bonds is 2. The first-order valence-corrected chi connectivity index (χ1v) is 6.47. The molecule has 0 N–H and O–H groups in total. The second kappa shape index (κ2) is 4.78. The number of thiophene rings is 1. The summed E-state index contributed by atoms with van der Waals surface area (Å²) in [7, 11) is 0. The Bertz CT molecular complexity index is 672. The van der Waals surface area contributed by atoms with Crippen molar-refractivity contribution in [2.45, 2.75) is 0 Å². The second-order valence-electron chi connectivity index (χ2n) is 3.90. The third-order valence-corrected chi connectivity index (χ3v) is 3.26. The van der Waals surface area contributed by atoms with E-state index >= 15 is 0 Å². The van der Waals surface area contributed by atoms with E-state index in [0.29, 0.717) is 5.56 Å². The minimum atomic E-state index is -0.495. The number of halogens is 1. The molecule has 1 aliphatic rings. The number of carbonyl (C=O) groups is 1. The van der Waals surface area contributed by atoms with E-state index in [1.165, 1.54) is 35.6 Å². The minimum absolute atomic E-state index is 0.200. The minimum Gasteiger partial charge on any atom is -0.402 e. The van der Waals surface area contributed by atoms with Gasteiger partial charge in [-0.25, -0.2) is 14.2 Å². The van der Waals surface area contributed by atoms with Gasteiger partial charge >= 0.3 is 5.97 Å². The van der Waals surface area contributed by atoms with Gasteiger partial charge in [0.25, 0.3) is 0 Å². The summed E-state index contributed by atoms with van der Waals surface area (Å²) in [5.41, 5.74) is 1.72. The molecule has 0 radical (unpaired) electrons. The predicted octanol–water partition coefficient (Wildman–Crippen LogP) is 3.23. The highest BCUT2D eigenvalue weighted by atomic mass is 32.1. The van der Waals surface area contributed by atoms with Crippen LogP contribution in [-0.4, -0.2) is 11.9 Å². The molecule has 0 saturated carbocycles. The zero-order chi connectivity index (χ0) is 13.2. The van der Waals surface area contributed by atoms with Crippen LogP contribution >= 0.6 is 11.3 Å². The normalized spacial score (nSPS) is 16.6. The van der Waals surface area contributed by atoms with Gasteiger partial charge in [0.2, 0.25) is 5.90 Å². The molecule has 19 heavy (non-hydrogen) atoms. The monoisotopic (exact) mass is 273 g/mol. The van der Waals surface area contributed by atoms with Gasteiger partial charge in [-0.3, -0.25) is 0 Å². The smallest absolute Gasteiger partial charge is 0.363 e. The zero-order valence-electron chi connectivity index (χ0n) is 9.67. The van der Waals surface area contributed by atoms with Gasteiger partial charge in [-0.2, -0.15) is 11.3 Å². The first-order valence-electron chi connectivity index (χ1n) is 5.53. The standard InChI is InChI=1S/C14H8FNO2S/c15-11-3-1-10(2-4-11)13-16-12(14(17)18-13)7-9-5-6-19-8-9/h1-8H/b12-7-.